The molecule has 0 fully saturated rings. The quantitative estimate of drug-likeness (QED) is 0.546. The molecule has 1 N–H and O–H groups in total. The Morgan fingerprint density at radius 3 is 2.82 bits per heavy atom. The number of aromatic nitrogens is 5. The molecular formula is C16H15BrN6O4S. The van der Waals surface area contributed by atoms with Crippen LogP contribution in [-0.4, -0.2) is 37.8 Å². The summed E-state index contributed by atoms with van der Waals surface area (Å²) in [6.45, 7) is 4.19. The smallest absolute Gasteiger partial charge is 0.231 e. The zero-order valence-corrected chi connectivity index (χ0v) is 17.3. The second-order valence-corrected chi connectivity index (χ2v) is 7.58. The average molecular weight is 467 g/mol. The number of anilines is 1. The Bertz CT molecular complexity index is 1040. The molecule has 1 aliphatic heterocycles. The van der Waals surface area contributed by atoms with E-state index in [0.717, 1.165) is 21.5 Å². The summed E-state index contributed by atoms with van der Waals surface area (Å²) in [6.07, 6.45) is 0. The molecule has 0 radical (unpaired) electrons. The summed E-state index contributed by atoms with van der Waals surface area (Å²) >= 11 is 5.08. The fourth-order valence-corrected chi connectivity index (χ4v) is 4.29. The summed E-state index contributed by atoms with van der Waals surface area (Å²) in [6, 6.07) is 3.85. The van der Waals surface area contributed by atoms with Crippen molar-refractivity contribution in [2.75, 3.05) is 12.1 Å². The average Bonchev–Trinajstić information content (AvgIpc) is 3.37. The van der Waals surface area contributed by atoms with Crippen LogP contribution in [0.3, 0.4) is 0 Å². The van der Waals surface area contributed by atoms with Gasteiger partial charge in [-0.1, -0.05) is 27.7 Å². The SMILES string of the molecule is CCn1c(SCc2cc3c(cc2Br)OCO3)nnc1-c1nonc1NC(C)=O. The molecule has 2 aromatic heterocycles. The van der Waals surface area contributed by atoms with E-state index in [2.05, 4.69) is 41.8 Å². The number of nitrogens with zero attached hydrogens (tertiary/aromatic N) is 5. The highest BCUT2D eigenvalue weighted by atomic mass is 79.9. The largest absolute Gasteiger partial charge is 0.454 e. The third-order valence-corrected chi connectivity index (χ3v) is 5.68. The van der Waals surface area contributed by atoms with Crippen LogP contribution in [0.1, 0.15) is 19.4 Å². The number of rotatable bonds is 6. The molecule has 3 aromatic rings. The number of hydrogen-bond donors (Lipinski definition) is 1. The molecule has 1 amide bonds. The van der Waals surface area contributed by atoms with Crippen LogP contribution in [0.2, 0.25) is 0 Å². The van der Waals surface area contributed by atoms with E-state index in [1.54, 1.807) is 0 Å². The van der Waals surface area contributed by atoms with Crippen molar-refractivity contribution >= 4 is 39.4 Å². The zero-order chi connectivity index (χ0) is 19.7. The number of halogens is 1. The summed E-state index contributed by atoms with van der Waals surface area (Å²) < 4.78 is 18.4. The predicted molar refractivity (Wildman–Crippen MR) is 103 cm³/mol. The predicted octanol–water partition coefficient (Wildman–Crippen LogP) is 3.09. The molecule has 146 valence electrons. The van der Waals surface area contributed by atoms with Gasteiger partial charge in [0.25, 0.3) is 0 Å². The summed E-state index contributed by atoms with van der Waals surface area (Å²) in [5, 5.41) is 19.3. The minimum absolute atomic E-state index is 0.213. The van der Waals surface area contributed by atoms with Crippen LogP contribution in [-0.2, 0) is 17.1 Å². The molecule has 0 spiro atoms. The molecule has 12 heteroatoms. The third kappa shape index (κ3) is 3.56. The lowest BCUT2D eigenvalue weighted by molar-refractivity contribution is -0.114. The van der Waals surface area contributed by atoms with Crippen molar-refractivity contribution in [1.29, 1.82) is 0 Å². The first-order chi connectivity index (χ1) is 13.6. The molecule has 0 saturated heterocycles. The van der Waals surface area contributed by atoms with Crippen LogP contribution in [0.25, 0.3) is 11.5 Å². The van der Waals surface area contributed by atoms with Crippen LogP contribution in [0.15, 0.2) is 26.4 Å². The number of fused-ring (bicyclic) bond motifs is 1. The third-order valence-electron chi connectivity index (χ3n) is 3.93. The van der Waals surface area contributed by atoms with E-state index in [0.29, 0.717) is 29.0 Å². The highest BCUT2D eigenvalue weighted by Gasteiger charge is 2.22. The van der Waals surface area contributed by atoms with Crippen LogP contribution < -0.4 is 14.8 Å². The fourth-order valence-electron chi connectivity index (χ4n) is 2.65. The van der Waals surface area contributed by atoms with Gasteiger partial charge in [0.1, 0.15) is 0 Å². The first-order valence-corrected chi connectivity index (χ1v) is 10.1. The van der Waals surface area contributed by atoms with Crippen LogP contribution in [0.5, 0.6) is 11.5 Å². The van der Waals surface area contributed by atoms with Gasteiger partial charge in [0, 0.05) is 23.7 Å². The molecule has 1 aromatic carbocycles. The van der Waals surface area contributed by atoms with Gasteiger partial charge >= 0.3 is 0 Å². The molecule has 1 aliphatic rings. The number of nitrogens with one attached hydrogen (secondary N) is 1. The maximum Gasteiger partial charge on any atom is 0.231 e. The number of carbonyl (C=O) groups is 1. The summed E-state index contributed by atoms with van der Waals surface area (Å²) in [5.74, 6) is 2.50. The van der Waals surface area contributed by atoms with Gasteiger partial charge in [0.05, 0.1) is 0 Å². The van der Waals surface area contributed by atoms with Crippen LogP contribution >= 0.6 is 27.7 Å². The topological polar surface area (TPSA) is 117 Å². The number of carbonyl (C=O) groups excluding carboxylic acids is 1. The van der Waals surface area contributed by atoms with Crippen molar-refractivity contribution < 1.29 is 18.9 Å². The maximum atomic E-state index is 11.3. The highest BCUT2D eigenvalue weighted by Crippen LogP contribution is 2.39. The Morgan fingerprint density at radius 1 is 1.29 bits per heavy atom. The minimum Gasteiger partial charge on any atom is -0.454 e. The van der Waals surface area contributed by atoms with Crippen molar-refractivity contribution in [2.45, 2.75) is 31.3 Å². The normalized spacial score (nSPS) is 12.4. The van der Waals surface area contributed by atoms with Crippen molar-refractivity contribution in [2.24, 2.45) is 0 Å². The number of thioether (sulfide) groups is 1. The van der Waals surface area contributed by atoms with E-state index in [9.17, 15) is 4.79 Å². The molecule has 4 rings (SSSR count). The Hall–Kier alpha value is -2.60. The standard InChI is InChI=1S/C16H15BrN6O4S/c1-3-23-15(13-14(18-8(2)24)22-27-21-13)19-20-16(23)28-6-9-4-11-12(5-10(9)17)26-7-25-11/h4-5H,3,6-7H2,1-2H3,(H,18,22,24). The number of hydrogen-bond acceptors (Lipinski definition) is 9. The van der Waals surface area contributed by atoms with E-state index in [1.165, 1.54) is 18.7 Å². The van der Waals surface area contributed by atoms with Gasteiger partial charge in [-0.05, 0) is 34.9 Å². The molecule has 0 atom stereocenters. The summed E-state index contributed by atoms with van der Waals surface area (Å²) in [4.78, 5) is 11.3. The van der Waals surface area contributed by atoms with Gasteiger partial charge in [0.15, 0.2) is 28.2 Å². The lowest BCUT2D eigenvalue weighted by Crippen LogP contribution is -2.08. The van der Waals surface area contributed by atoms with Crippen LogP contribution in [0.4, 0.5) is 5.82 Å². The molecule has 0 bridgehead atoms. The summed E-state index contributed by atoms with van der Waals surface area (Å²) in [5.41, 5.74) is 1.38. The molecule has 0 unspecified atom stereocenters. The fraction of sp³-hybridized carbons (Fsp3) is 0.312. The van der Waals surface area contributed by atoms with Gasteiger partial charge in [-0.2, -0.15) is 0 Å². The Morgan fingerprint density at radius 2 is 2.07 bits per heavy atom. The lowest BCUT2D eigenvalue weighted by atomic mass is 10.2. The minimum atomic E-state index is -0.276. The van der Waals surface area contributed by atoms with Gasteiger partial charge < -0.3 is 19.4 Å². The van der Waals surface area contributed by atoms with Crippen molar-refractivity contribution in [3.63, 3.8) is 0 Å². The monoisotopic (exact) mass is 466 g/mol. The van der Waals surface area contributed by atoms with Gasteiger partial charge in [-0.3, -0.25) is 4.79 Å². The highest BCUT2D eigenvalue weighted by molar-refractivity contribution is 9.10. The zero-order valence-electron chi connectivity index (χ0n) is 14.9. The molecule has 0 saturated carbocycles. The first kappa shape index (κ1) is 18.7. The maximum absolute atomic E-state index is 11.3. The van der Waals surface area contributed by atoms with Crippen LogP contribution in [0, 0.1) is 0 Å². The Balaban J connectivity index is 1.57. The second-order valence-electron chi connectivity index (χ2n) is 5.78. The number of benzene rings is 1. The van der Waals surface area contributed by atoms with Crippen molar-refractivity contribution in [3.8, 4) is 23.0 Å². The van der Waals surface area contributed by atoms with E-state index < -0.39 is 0 Å². The van der Waals surface area contributed by atoms with Gasteiger partial charge in [0.2, 0.25) is 18.5 Å². The van der Waals surface area contributed by atoms with E-state index in [4.69, 9.17) is 14.1 Å². The van der Waals surface area contributed by atoms with Crippen molar-refractivity contribution in [3.05, 3.63) is 22.2 Å². The van der Waals surface area contributed by atoms with E-state index in [-0.39, 0.29) is 18.5 Å². The Kier molecular flexibility index (Phi) is 5.22. The van der Waals surface area contributed by atoms with E-state index in [1.807, 2.05) is 23.6 Å². The lowest BCUT2D eigenvalue weighted by Gasteiger charge is -2.08. The molecule has 28 heavy (non-hydrogen) atoms. The molecular weight excluding hydrogens is 452 g/mol. The first-order valence-electron chi connectivity index (χ1n) is 8.31. The molecule has 3 heterocycles. The summed E-state index contributed by atoms with van der Waals surface area (Å²) in [7, 11) is 0. The van der Waals surface area contributed by atoms with Gasteiger partial charge in [-0.15, -0.1) is 10.2 Å². The molecule has 0 aliphatic carbocycles. The Labute approximate surface area is 172 Å². The number of ether oxygens (including phenoxy) is 2. The number of amides is 1. The van der Waals surface area contributed by atoms with Crippen molar-refractivity contribution in [1.82, 2.24) is 25.1 Å². The van der Waals surface area contributed by atoms with Gasteiger partial charge in [-0.25, -0.2) is 4.63 Å². The molecule has 10 nitrogen and oxygen atoms in total. The second kappa shape index (κ2) is 7.80. The van der Waals surface area contributed by atoms with E-state index >= 15 is 0 Å².